The highest BCUT2D eigenvalue weighted by Crippen LogP contribution is 2.35. The van der Waals surface area contributed by atoms with Gasteiger partial charge in [-0.15, -0.1) is 0 Å². The van der Waals surface area contributed by atoms with Crippen molar-refractivity contribution in [1.29, 1.82) is 0 Å². The zero-order valence-electron chi connectivity index (χ0n) is 9.47. The summed E-state index contributed by atoms with van der Waals surface area (Å²) in [6, 6.07) is 2.71. The first-order valence-corrected chi connectivity index (χ1v) is 5.25. The molecule has 3 N–H and O–H groups in total. The van der Waals surface area contributed by atoms with Gasteiger partial charge in [0.25, 0.3) is 0 Å². The van der Waals surface area contributed by atoms with Crippen LogP contribution in [0.1, 0.15) is 32.0 Å². The highest BCUT2D eigenvalue weighted by atomic mass is 16.3. The van der Waals surface area contributed by atoms with Gasteiger partial charge in [-0.2, -0.15) is 5.10 Å². The van der Waals surface area contributed by atoms with Crippen molar-refractivity contribution in [3.8, 4) is 5.75 Å². The van der Waals surface area contributed by atoms with Crippen LogP contribution >= 0.6 is 0 Å². The Labute approximate surface area is 102 Å². The summed E-state index contributed by atoms with van der Waals surface area (Å²) in [5.41, 5.74) is 6.30. The van der Waals surface area contributed by atoms with Gasteiger partial charge in [-0.25, -0.2) is 0 Å². The van der Waals surface area contributed by atoms with E-state index in [0.29, 0.717) is 0 Å². The Morgan fingerprint density at radius 3 is 2.67 bits per heavy atom. The SMILES string of the molecule is Cn1ncc2c1C(=O)c1c(N)ccc(O)c1C2=O. The molecule has 1 aromatic carbocycles. The van der Waals surface area contributed by atoms with Crippen molar-refractivity contribution in [1.82, 2.24) is 9.78 Å². The smallest absolute Gasteiger partial charge is 0.214 e. The average molecular weight is 243 g/mol. The van der Waals surface area contributed by atoms with Gasteiger partial charge in [0.15, 0.2) is 0 Å². The number of carbonyl (C=O) groups excluding carboxylic acids is 2. The number of nitrogens with two attached hydrogens (primary N) is 1. The lowest BCUT2D eigenvalue weighted by molar-refractivity contribution is 0.0972. The van der Waals surface area contributed by atoms with Gasteiger partial charge >= 0.3 is 0 Å². The molecule has 0 radical (unpaired) electrons. The first-order chi connectivity index (χ1) is 8.52. The molecule has 0 aliphatic heterocycles. The van der Waals surface area contributed by atoms with E-state index in [9.17, 15) is 14.7 Å². The Balaban J connectivity index is 2.42. The van der Waals surface area contributed by atoms with Gasteiger partial charge in [0.2, 0.25) is 11.6 Å². The van der Waals surface area contributed by atoms with Gasteiger partial charge < -0.3 is 10.8 Å². The molecule has 0 spiro atoms. The van der Waals surface area contributed by atoms with Crippen LogP contribution in [-0.2, 0) is 7.05 Å². The van der Waals surface area contributed by atoms with Crippen molar-refractivity contribution < 1.29 is 14.7 Å². The summed E-state index contributed by atoms with van der Waals surface area (Å²) in [6.45, 7) is 0. The van der Waals surface area contributed by atoms with E-state index >= 15 is 0 Å². The number of nitrogens with zero attached hydrogens (tertiary/aromatic N) is 2. The minimum absolute atomic E-state index is 0.0412. The van der Waals surface area contributed by atoms with E-state index in [2.05, 4.69) is 5.10 Å². The van der Waals surface area contributed by atoms with Crippen LogP contribution in [0.15, 0.2) is 18.3 Å². The second kappa shape index (κ2) is 3.19. The number of phenols is 1. The normalized spacial score (nSPS) is 13.4. The molecule has 6 heteroatoms. The van der Waals surface area contributed by atoms with Crippen molar-refractivity contribution in [3.05, 3.63) is 40.7 Å². The Bertz CT molecular complexity index is 716. The molecule has 2 aromatic rings. The van der Waals surface area contributed by atoms with Gasteiger partial charge in [-0.1, -0.05) is 0 Å². The fraction of sp³-hybridized carbons (Fsp3) is 0.0833. The lowest BCUT2D eigenvalue weighted by Gasteiger charge is -2.17. The molecule has 18 heavy (non-hydrogen) atoms. The largest absolute Gasteiger partial charge is 0.507 e. The highest BCUT2D eigenvalue weighted by molar-refractivity contribution is 6.30. The van der Waals surface area contributed by atoms with E-state index in [1.807, 2.05) is 0 Å². The van der Waals surface area contributed by atoms with Crippen LogP contribution in [0.5, 0.6) is 5.75 Å². The number of aryl methyl sites for hydroxylation is 1. The second-order valence-electron chi connectivity index (χ2n) is 4.11. The van der Waals surface area contributed by atoms with Crippen LogP contribution in [-0.4, -0.2) is 26.5 Å². The number of nitrogen functional groups attached to an aromatic ring is 1. The van der Waals surface area contributed by atoms with Crippen LogP contribution in [0, 0.1) is 0 Å². The Morgan fingerprint density at radius 2 is 1.94 bits per heavy atom. The lowest BCUT2D eigenvalue weighted by Crippen LogP contribution is -2.23. The van der Waals surface area contributed by atoms with Crippen molar-refractivity contribution in [2.24, 2.45) is 7.05 Å². The van der Waals surface area contributed by atoms with Gasteiger partial charge in [0, 0.05) is 12.7 Å². The van der Waals surface area contributed by atoms with Gasteiger partial charge in [0.05, 0.1) is 22.9 Å². The topological polar surface area (TPSA) is 98.2 Å². The summed E-state index contributed by atoms with van der Waals surface area (Å²) in [4.78, 5) is 24.5. The number of ketones is 2. The van der Waals surface area contributed by atoms with Gasteiger partial charge in [-0.05, 0) is 12.1 Å². The van der Waals surface area contributed by atoms with Crippen LogP contribution in [0.4, 0.5) is 5.69 Å². The third kappa shape index (κ3) is 1.09. The third-order valence-electron chi connectivity index (χ3n) is 3.07. The molecule has 1 aromatic heterocycles. The minimum atomic E-state index is -0.433. The van der Waals surface area contributed by atoms with Crippen molar-refractivity contribution in [2.45, 2.75) is 0 Å². The Hall–Kier alpha value is -2.63. The van der Waals surface area contributed by atoms with Crippen molar-refractivity contribution in [2.75, 3.05) is 5.73 Å². The fourth-order valence-corrected chi connectivity index (χ4v) is 2.21. The molecule has 1 heterocycles. The predicted octanol–water partition coefficient (Wildman–Crippen LogP) is 0.483. The van der Waals surface area contributed by atoms with Gasteiger partial charge in [-0.3, -0.25) is 14.3 Å². The number of carbonyl (C=O) groups is 2. The molecule has 0 fully saturated rings. The number of hydrogen-bond acceptors (Lipinski definition) is 5. The van der Waals surface area contributed by atoms with Crippen molar-refractivity contribution in [3.63, 3.8) is 0 Å². The molecular formula is C12H9N3O3. The quantitative estimate of drug-likeness (QED) is 0.442. The number of benzene rings is 1. The lowest BCUT2D eigenvalue weighted by atomic mass is 9.86. The minimum Gasteiger partial charge on any atom is -0.507 e. The summed E-state index contributed by atoms with van der Waals surface area (Å²) in [6.07, 6.45) is 1.32. The molecule has 0 atom stereocenters. The predicted molar refractivity (Wildman–Crippen MR) is 62.6 cm³/mol. The molecule has 3 rings (SSSR count). The number of hydrogen-bond donors (Lipinski definition) is 2. The molecule has 1 aliphatic rings. The maximum atomic E-state index is 12.3. The maximum Gasteiger partial charge on any atom is 0.214 e. The summed E-state index contributed by atoms with van der Waals surface area (Å²) in [5, 5.41) is 13.6. The summed E-state index contributed by atoms with van der Waals surface area (Å²) in [5.74, 6) is -1.07. The molecule has 0 saturated carbocycles. The van der Waals surface area contributed by atoms with E-state index in [-0.39, 0.29) is 33.8 Å². The summed E-state index contributed by atoms with van der Waals surface area (Å²) < 4.78 is 1.34. The molecular weight excluding hydrogens is 234 g/mol. The summed E-state index contributed by atoms with van der Waals surface area (Å²) in [7, 11) is 1.58. The van der Waals surface area contributed by atoms with Crippen LogP contribution < -0.4 is 5.73 Å². The number of aromatic nitrogens is 2. The third-order valence-corrected chi connectivity index (χ3v) is 3.07. The van der Waals surface area contributed by atoms with Crippen LogP contribution in [0.25, 0.3) is 0 Å². The molecule has 0 amide bonds. The summed E-state index contributed by atoms with van der Waals surface area (Å²) >= 11 is 0. The Morgan fingerprint density at radius 1 is 1.22 bits per heavy atom. The number of rotatable bonds is 0. The highest BCUT2D eigenvalue weighted by Gasteiger charge is 2.36. The Kier molecular flexibility index (Phi) is 1.87. The molecule has 0 bridgehead atoms. The zero-order valence-corrected chi connectivity index (χ0v) is 9.47. The average Bonchev–Trinajstić information content (AvgIpc) is 2.72. The van der Waals surface area contributed by atoms with E-state index < -0.39 is 11.6 Å². The zero-order chi connectivity index (χ0) is 13.0. The molecule has 0 unspecified atom stereocenters. The van der Waals surface area contributed by atoms with Crippen LogP contribution in [0.2, 0.25) is 0 Å². The van der Waals surface area contributed by atoms with Crippen molar-refractivity contribution >= 4 is 17.3 Å². The van der Waals surface area contributed by atoms with E-state index in [1.54, 1.807) is 7.05 Å². The number of phenolic OH excluding ortho intramolecular Hbond substituents is 1. The standard InChI is InChI=1S/C12H9N3O3/c1-15-10-5(4-14-15)11(17)9-7(16)3-2-6(13)8(9)12(10)18/h2-4,16H,13H2,1H3. The first-order valence-electron chi connectivity index (χ1n) is 5.25. The van der Waals surface area contributed by atoms with E-state index in [0.717, 1.165) is 0 Å². The monoisotopic (exact) mass is 243 g/mol. The fourth-order valence-electron chi connectivity index (χ4n) is 2.21. The maximum absolute atomic E-state index is 12.3. The number of aromatic hydroxyl groups is 1. The van der Waals surface area contributed by atoms with Gasteiger partial charge in [0.1, 0.15) is 11.4 Å². The second-order valence-corrected chi connectivity index (χ2v) is 4.11. The van der Waals surface area contributed by atoms with E-state index in [1.165, 1.54) is 23.0 Å². The molecule has 0 saturated heterocycles. The first kappa shape index (κ1) is 10.5. The van der Waals surface area contributed by atoms with Crippen LogP contribution in [0.3, 0.4) is 0 Å². The molecule has 6 nitrogen and oxygen atoms in total. The molecule has 1 aliphatic carbocycles. The molecule has 90 valence electrons. The number of anilines is 1. The van der Waals surface area contributed by atoms with E-state index in [4.69, 9.17) is 5.73 Å². The number of fused-ring (bicyclic) bond motifs is 2.